The minimum Gasteiger partial charge on any atom is -0.463 e. The van der Waals surface area contributed by atoms with Crippen molar-refractivity contribution in [1.29, 1.82) is 0 Å². The van der Waals surface area contributed by atoms with Gasteiger partial charge >= 0.3 is 5.97 Å². The Morgan fingerprint density at radius 1 is 1.41 bits per heavy atom. The number of fused-ring (bicyclic) bond motifs is 1. The molecule has 4 nitrogen and oxygen atoms in total. The number of hydrogen-bond acceptors (Lipinski definition) is 3. The number of aromatic nitrogens is 1. The molecule has 0 radical (unpaired) electrons. The van der Waals surface area contributed by atoms with Crippen LogP contribution < -0.4 is 0 Å². The zero-order chi connectivity index (χ0) is 15.6. The van der Waals surface area contributed by atoms with E-state index in [9.17, 15) is 4.79 Å². The number of rotatable bonds is 5. The Morgan fingerprint density at radius 2 is 2.23 bits per heavy atom. The van der Waals surface area contributed by atoms with Gasteiger partial charge in [-0.3, -0.25) is 0 Å². The van der Waals surface area contributed by atoms with E-state index < -0.39 is 0 Å². The van der Waals surface area contributed by atoms with E-state index in [-0.39, 0.29) is 11.4 Å². The zero-order valence-electron chi connectivity index (χ0n) is 13.0. The van der Waals surface area contributed by atoms with Crippen LogP contribution in [0.4, 0.5) is 0 Å². The Kier molecular flexibility index (Phi) is 4.03. The number of ether oxygens (including phenoxy) is 2. The van der Waals surface area contributed by atoms with Crippen LogP contribution in [-0.2, 0) is 20.8 Å². The van der Waals surface area contributed by atoms with Crippen LogP contribution in [0.1, 0.15) is 19.4 Å². The molecule has 1 aromatic carbocycles. The number of nitrogens with zero attached hydrogens (tertiary/aromatic N) is 1. The van der Waals surface area contributed by atoms with Crippen molar-refractivity contribution in [3.63, 3.8) is 0 Å². The molecule has 1 fully saturated rings. The average Bonchev–Trinajstić information content (AvgIpc) is 2.86. The molecule has 0 amide bonds. The summed E-state index contributed by atoms with van der Waals surface area (Å²) in [4.78, 5) is 11.4. The number of esters is 1. The first-order chi connectivity index (χ1) is 10.6. The quantitative estimate of drug-likeness (QED) is 0.628. The lowest BCUT2D eigenvalue weighted by molar-refractivity contribution is -0.137. The van der Waals surface area contributed by atoms with E-state index in [1.807, 2.05) is 6.07 Å². The molecule has 22 heavy (non-hydrogen) atoms. The van der Waals surface area contributed by atoms with Gasteiger partial charge < -0.3 is 14.0 Å². The highest BCUT2D eigenvalue weighted by Gasteiger charge is 2.33. The highest BCUT2D eigenvalue weighted by molar-refractivity contribution is 5.89. The fourth-order valence-electron chi connectivity index (χ4n) is 2.75. The summed E-state index contributed by atoms with van der Waals surface area (Å²) in [5.41, 5.74) is 2.40. The molecule has 2 heterocycles. The SMILES string of the molecule is CCOC(=O)C=Cc1ccc2ccn(CC3(C)COC3)c2c1. The molecule has 0 aliphatic carbocycles. The molecule has 0 bridgehead atoms. The summed E-state index contributed by atoms with van der Waals surface area (Å²) in [5.74, 6) is -0.308. The third kappa shape index (κ3) is 3.07. The molecule has 2 aromatic rings. The predicted molar refractivity (Wildman–Crippen MR) is 86.5 cm³/mol. The lowest BCUT2D eigenvalue weighted by Crippen LogP contribution is -2.42. The van der Waals surface area contributed by atoms with Crippen molar-refractivity contribution in [3.05, 3.63) is 42.1 Å². The molecule has 1 aliphatic heterocycles. The summed E-state index contributed by atoms with van der Waals surface area (Å²) in [6.45, 7) is 7.01. The third-order valence-corrected chi connectivity index (χ3v) is 3.95. The largest absolute Gasteiger partial charge is 0.463 e. The van der Waals surface area contributed by atoms with Crippen LogP contribution >= 0.6 is 0 Å². The van der Waals surface area contributed by atoms with Gasteiger partial charge in [-0.25, -0.2) is 4.79 Å². The molecule has 1 saturated heterocycles. The van der Waals surface area contributed by atoms with Crippen LogP contribution in [-0.4, -0.2) is 30.4 Å². The number of benzene rings is 1. The first-order valence-electron chi connectivity index (χ1n) is 7.61. The molecule has 0 saturated carbocycles. The summed E-state index contributed by atoms with van der Waals surface area (Å²) >= 11 is 0. The summed E-state index contributed by atoms with van der Waals surface area (Å²) in [6.07, 6.45) is 5.38. The summed E-state index contributed by atoms with van der Waals surface area (Å²) in [7, 11) is 0. The lowest BCUT2D eigenvalue weighted by atomic mass is 9.88. The smallest absolute Gasteiger partial charge is 0.330 e. The van der Waals surface area contributed by atoms with Crippen molar-refractivity contribution < 1.29 is 14.3 Å². The second kappa shape index (κ2) is 5.97. The van der Waals surface area contributed by atoms with Gasteiger partial charge in [0.25, 0.3) is 0 Å². The maximum atomic E-state index is 11.4. The normalized spacial score (nSPS) is 16.8. The van der Waals surface area contributed by atoms with Gasteiger partial charge in [-0.05, 0) is 36.1 Å². The van der Waals surface area contributed by atoms with E-state index >= 15 is 0 Å². The first kappa shape index (κ1) is 14.9. The third-order valence-electron chi connectivity index (χ3n) is 3.95. The Labute approximate surface area is 130 Å². The first-order valence-corrected chi connectivity index (χ1v) is 7.61. The topological polar surface area (TPSA) is 40.5 Å². The number of hydrogen-bond donors (Lipinski definition) is 0. The molecule has 0 N–H and O–H groups in total. The van der Waals surface area contributed by atoms with E-state index in [2.05, 4.69) is 35.9 Å². The maximum Gasteiger partial charge on any atom is 0.330 e. The number of carbonyl (C=O) groups is 1. The van der Waals surface area contributed by atoms with Crippen molar-refractivity contribution in [2.24, 2.45) is 5.41 Å². The summed E-state index contributed by atoms with van der Waals surface area (Å²) in [5, 5.41) is 1.21. The van der Waals surface area contributed by atoms with E-state index in [4.69, 9.17) is 9.47 Å². The Bertz CT molecular complexity index is 710. The second-order valence-corrected chi connectivity index (χ2v) is 6.15. The van der Waals surface area contributed by atoms with Crippen molar-refractivity contribution in [1.82, 2.24) is 4.57 Å². The zero-order valence-corrected chi connectivity index (χ0v) is 13.0. The van der Waals surface area contributed by atoms with Gasteiger partial charge in [-0.1, -0.05) is 19.1 Å². The molecular weight excluding hydrogens is 278 g/mol. The Morgan fingerprint density at radius 3 is 2.91 bits per heavy atom. The molecule has 1 aliphatic rings. The Hall–Kier alpha value is -2.07. The van der Waals surface area contributed by atoms with Crippen molar-refractivity contribution in [3.8, 4) is 0 Å². The van der Waals surface area contributed by atoms with Gasteiger partial charge in [0.2, 0.25) is 0 Å². The fourth-order valence-corrected chi connectivity index (χ4v) is 2.75. The van der Waals surface area contributed by atoms with Gasteiger partial charge in [0.1, 0.15) is 0 Å². The lowest BCUT2D eigenvalue weighted by Gasteiger charge is -2.38. The molecular formula is C18H21NO3. The molecule has 1 aromatic heterocycles. The monoisotopic (exact) mass is 299 g/mol. The minimum absolute atomic E-state index is 0.225. The molecule has 116 valence electrons. The van der Waals surface area contributed by atoms with Gasteiger partial charge in [-0.2, -0.15) is 0 Å². The van der Waals surface area contributed by atoms with Crippen LogP contribution in [0.5, 0.6) is 0 Å². The molecule has 0 spiro atoms. The van der Waals surface area contributed by atoms with E-state index in [1.165, 1.54) is 17.0 Å². The second-order valence-electron chi connectivity index (χ2n) is 6.15. The van der Waals surface area contributed by atoms with Gasteiger partial charge in [0, 0.05) is 29.7 Å². The maximum absolute atomic E-state index is 11.4. The van der Waals surface area contributed by atoms with Crippen LogP contribution in [0.3, 0.4) is 0 Å². The minimum atomic E-state index is -0.308. The van der Waals surface area contributed by atoms with Crippen LogP contribution in [0, 0.1) is 5.41 Å². The summed E-state index contributed by atoms with van der Waals surface area (Å²) < 4.78 is 12.5. The predicted octanol–water partition coefficient (Wildman–Crippen LogP) is 3.25. The molecule has 0 unspecified atom stereocenters. The average molecular weight is 299 g/mol. The van der Waals surface area contributed by atoms with Crippen LogP contribution in [0.2, 0.25) is 0 Å². The van der Waals surface area contributed by atoms with Gasteiger partial charge in [-0.15, -0.1) is 0 Å². The van der Waals surface area contributed by atoms with E-state index in [1.54, 1.807) is 13.0 Å². The molecule has 3 rings (SSSR count). The van der Waals surface area contributed by atoms with Gasteiger partial charge in [0.15, 0.2) is 0 Å². The standard InChI is InChI=1S/C18H21NO3/c1-3-22-17(20)7-5-14-4-6-15-8-9-19(16(15)10-14)11-18(2)12-21-13-18/h4-10H,3,11-13H2,1-2H3. The molecule has 0 atom stereocenters. The van der Waals surface area contributed by atoms with Gasteiger partial charge in [0.05, 0.1) is 19.8 Å². The van der Waals surface area contributed by atoms with Crippen molar-refractivity contribution >= 4 is 22.9 Å². The van der Waals surface area contributed by atoms with Crippen molar-refractivity contribution in [2.45, 2.75) is 20.4 Å². The van der Waals surface area contributed by atoms with Crippen LogP contribution in [0.25, 0.3) is 17.0 Å². The molecule has 4 heteroatoms. The Balaban J connectivity index is 1.83. The fraction of sp³-hybridized carbons (Fsp3) is 0.389. The van der Waals surface area contributed by atoms with Crippen LogP contribution in [0.15, 0.2) is 36.5 Å². The van der Waals surface area contributed by atoms with E-state index in [0.29, 0.717) is 6.61 Å². The van der Waals surface area contributed by atoms with Crippen molar-refractivity contribution in [2.75, 3.05) is 19.8 Å². The van der Waals surface area contributed by atoms with E-state index in [0.717, 1.165) is 25.3 Å². The summed E-state index contributed by atoms with van der Waals surface area (Å²) in [6, 6.07) is 8.32. The highest BCUT2D eigenvalue weighted by Crippen LogP contribution is 2.30. The highest BCUT2D eigenvalue weighted by atomic mass is 16.5. The number of carbonyl (C=O) groups excluding carboxylic acids is 1.